The van der Waals surface area contributed by atoms with E-state index in [0.717, 1.165) is 39.9 Å². The molecule has 0 aliphatic carbocycles. The summed E-state index contributed by atoms with van der Waals surface area (Å²) in [5, 5.41) is 4.32. The standard InChI is InChI=1S/C26H25FN2/c1-4-26(2,3)24-16-21(19-11-7-5-8-12-19)15-23(20-13-9-6-10-14-20)25(24)29-18-22(27)17-28-29/h5-18H,4H2,1-3H3. The van der Waals surface area contributed by atoms with E-state index in [-0.39, 0.29) is 11.2 Å². The molecular formula is C26H25FN2. The van der Waals surface area contributed by atoms with Crippen LogP contribution in [-0.2, 0) is 5.41 Å². The molecule has 0 spiro atoms. The van der Waals surface area contributed by atoms with E-state index >= 15 is 0 Å². The molecule has 0 unspecified atom stereocenters. The highest BCUT2D eigenvalue weighted by Gasteiger charge is 2.26. The van der Waals surface area contributed by atoms with E-state index in [0.29, 0.717) is 0 Å². The second-order valence-electron chi connectivity index (χ2n) is 7.99. The van der Waals surface area contributed by atoms with Crippen LogP contribution in [0.4, 0.5) is 4.39 Å². The zero-order valence-electron chi connectivity index (χ0n) is 17.1. The molecule has 1 heterocycles. The van der Waals surface area contributed by atoms with Crippen molar-refractivity contribution in [3.8, 4) is 27.9 Å². The van der Waals surface area contributed by atoms with Crippen LogP contribution in [0.15, 0.2) is 85.2 Å². The second-order valence-corrected chi connectivity index (χ2v) is 7.99. The van der Waals surface area contributed by atoms with Crippen molar-refractivity contribution >= 4 is 0 Å². The lowest BCUT2D eigenvalue weighted by molar-refractivity contribution is 0.502. The molecular weight excluding hydrogens is 359 g/mol. The van der Waals surface area contributed by atoms with Crippen LogP contribution in [0.1, 0.15) is 32.8 Å². The van der Waals surface area contributed by atoms with E-state index < -0.39 is 0 Å². The Kier molecular flexibility index (Phi) is 5.06. The molecule has 0 bridgehead atoms. The van der Waals surface area contributed by atoms with Gasteiger partial charge in [-0.05, 0) is 46.2 Å². The monoisotopic (exact) mass is 384 g/mol. The fourth-order valence-electron chi connectivity index (χ4n) is 3.65. The van der Waals surface area contributed by atoms with Gasteiger partial charge in [0.1, 0.15) is 0 Å². The Hall–Kier alpha value is -3.20. The van der Waals surface area contributed by atoms with Crippen molar-refractivity contribution in [1.29, 1.82) is 0 Å². The van der Waals surface area contributed by atoms with E-state index in [1.165, 1.54) is 12.4 Å². The lowest BCUT2D eigenvalue weighted by Crippen LogP contribution is -2.20. The van der Waals surface area contributed by atoms with Crippen LogP contribution in [0.25, 0.3) is 27.9 Å². The smallest absolute Gasteiger partial charge is 0.161 e. The van der Waals surface area contributed by atoms with Crippen molar-refractivity contribution in [2.45, 2.75) is 32.6 Å². The predicted molar refractivity (Wildman–Crippen MR) is 118 cm³/mol. The molecule has 0 saturated heterocycles. The molecule has 2 nitrogen and oxygen atoms in total. The van der Waals surface area contributed by atoms with Crippen LogP contribution >= 0.6 is 0 Å². The molecule has 0 aliphatic rings. The summed E-state index contributed by atoms with van der Waals surface area (Å²) < 4.78 is 15.6. The van der Waals surface area contributed by atoms with Gasteiger partial charge in [-0.25, -0.2) is 9.07 Å². The Morgan fingerprint density at radius 1 is 0.862 bits per heavy atom. The quantitative estimate of drug-likeness (QED) is 0.361. The average Bonchev–Trinajstić information content (AvgIpc) is 3.20. The van der Waals surface area contributed by atoms with Crippen molar-refractivity contribution in [2.24, 2.45) is 0 Å². The summed E-state index contributed by atoms with van der Waals surface area (Å²) in [5.74, 6) is -0.337. The number of benzene rings is 3. The Morgan fingerprint density at radius 3 is 2.03 bits per heavy atom. The molecule has 1 aromatic heterocycles. The number of halogens is 1. The summed E-state index contributed by atoms with van der Waals surface area (Å²) in [7, 11) is 0. The van der Waals surface area contributed by atoms with Crippen molar-refractivity contribution in [2.75, 3.05) is 0 Å². The number of hydrogen-bond donors (Lipinski definition) is 0. The number of hydrogen-bond acceptors (Lipinski definition) is 1. The number of nitrogens with zero attached hydrogens (tertiary/aromatic N) is 2. The third-order valence-electron chi connectivity index (χ3n) is 5.70. The van der Waals surface area contributed by atoms with E-state index in [2.05, 4.69) is 74.4 Å². The fourth-order valence-corrected chi connectivity index (χ4v) is 3.65. The van der Waals surface area contributed by atoms with Crippen LogP contribution in [0.2, 0.25) is 0 Å². The fraction of sp³-hybridized carbons (Fsp3) is 0.192. The summed E-state index contributed by atoms with van der Waals surface area (Å²) >= 11 is 0. The summed E-state index contributed by atoms with van der Waals surface area (Å²) in [6.45, 7) is 6.65. The van der Waals surface area contributed by atoms with Crippen molar-refractivity contribution in [3.63, 3.8) is 0 Å². The van der Waals surface area contributed by atoms with Crippen molar-refractivity contribution < 1.29 is 4.39 Å². The number of aromatic nitrogens is 2. The van der Waals surface area contributed by atoms with Crippen LogP contribution < -0.4 is 0 Å². The molecule has 3 aromatic carbocycles. The normalized spacial score (nSPS) is 11.6. The van der Waals surface area contributed by atoms with Crippen LogP contribution in [0, 0.1) is 5.82 Å². The van der Waals surface area contributed by atoms with Gasteiger partial charge in [-0.2, -0.15) is 5.10 Å². The minimum atomic E-state index is -0.337. The Balaban J connectivity index is 2.09. The lowest BCUT2D eigenvalue weighted by Gasteiger charge is -2.29. The van der Waals surface area contributed by atoms with Gasteiger partial charge in [0.15, 0.2) is 5.82 Å². The average molecular weight is 384 g/mol. The minimum Gasteiger partial charge on any atom is -0.237 e. The molecule has 0 N–H and O–H groups in total. The van der Waals surface area contributed by atoms with Gasteiger partial charge in [0, 0.05) is 5.56 Å². The highest BCUT2D eigenvalue weighted by atomic mass is 19.1. The Labute approximate surface area is 171 Å². The largest absolute Gasteiger partial charge is 0.237 e. The highest BCUT2D eigenvalue weighted by molar-refractivity contribution is 5.82. The molecule has 0 amide bonds. The van der Waals surface area contributed by atoms with Gasteiger partial charge in [0.05, 0.1) is 18.1 Å². The number of rotatable bonds is 5. The highest BCUT2D eigenvalue weighted by Crippen LogP contribution is 2.41. The first kappa shape index (κ1) is 19.1. The lowest BCUT2D eigenvalue weighted by atomic mass is 9.78. The van der Waals surface area contributed by atoms with Crippen LogP contribution in [0.3, 0.4) is 0 Å². The summed E-state index contributed by atoms with van der Waals surface area (Å²) in [4.78, 5) is 0. The van der Waals surface area contributed by atoms with E-state index in [1.807, 2.05) is 24.3 Å². The van der Waals surface area contributed by atoms with Gasteiger partial charge < -0.3 is 0 Å². The van der Waals surface area contributed by atoms with Crippen molar-refractivity contribution in [3.05, 3.63) is 96.6 Å². The molecule has 4 aromatic rings. The maximum atomic E-state index is 13.9. The van der Waals surface area contributed by atoms with Crippen molar-refractivity contribution in [1.82, 2.24) is 9.78 Å². The molecule has 146 valence electrons. The topological polar surface area (TPSA) is 17.8 Å². The molecule has 0 fully saturated rings. The minimum absolute atomic E-state index is 0.105. The van der Waals surface area contributed by atoms with Gasteiger partial charge in [-0.15, -0.1) is 0 Å². The summed E-state index contributed by atoms with van der Waals surface area (Å²) in [6.07, 6.45) is 3.68. The molecule has 0 saturated carbocycles. The van der Waals surface area contributed by atoms with Gasteiger partial charge in [0.25, 0.3) is 0 Å². The molecule has 0 atom stereocenters. The third-order valence-corrected chi connectivity index (χ3v) is 5.70. The molecule has 3 heteroatoms. The molecule has 4 rings (SSSR count). The Morgan fingerprint density at radius 2 is 1.48 bits per heavy atom. The zero-order valence-corrected chi connectivity index (χ0v) is 17.1. The summed E-state index contributed by atoms with van der Waals surface area (Å²) in [6, 6.07) is 25.1. The predicted octanol–water partition coefficient (Wildman–Crippen LogP) is 7.03. The first-order valence-electron chi connectivity index (χ1n) is 9.99. The van der Waals surface area contributed by atoms with Gasteiger partial charge in [-0.3, -0.25) is 0 Å². The third kappa shape index (κ3) is 3.73. The maximum Gasteiger partial charge on any atom is 0.161 e. The van der Waals surface area contributed by atoms with E-state index in [9.17, 15) is 4.39 Å². The SMILES string of the molecule is CCC(C)(C)c1cc(-c2ccccc2)cc(-c2ccccc2)c1-n1cc(F)cn1. The van der Waals surface area contributed by atoms with Gasteiger partial charge in [0.2, 0.25) is 0 Å². The molecule has 0 radical (unpaired) electrons. The van der Waals surface area contributed by atoms with E-state index in [1.54, 1.807) is 4.68 Å². The summed E-state index contributed by atoms with van der Waals surface area (Å²) in [5.41, 5.74) is 6.44. The Bertz CT molecular complexity index is 1110. The molecule has 29 heavy (non-hydrogen) atoms. The second kappa shape index (κ2) is 7.67. The van der Waals surface area contributed by atoms with Crippen LogP contribution in [-0.4, -0.2) is 9.78 Å². The van der Waals surface area contributed by atoms with Crippen LogP contribution in [0.5, 0.6) is 0 Å². The van der Waals surface area contributed by atoms with Gasteiger partial charge >= 0.3 is 0 Å². The zero-order chi connectivity index (χ0) is 20.4. The van der Waals surface area contributed by atoms with E-state index in [4.69, 9.17) is 0 Å². The maximum absolute atomic E-state index is 13.9. The van der Waals surface area contributed by atoms with Gasteiger partial charge in [-0.1, -0.05) is 81.4 Å². The first-order valence-corrected chi connectivity index (χ1v) is 9.99. The first-order chi connectivity index (χ1) is 14.0. The molecule has 0 aliphatic heterocycles.